The fourth-order valence-electron chi connectivity index (χ4n) is 5.29. The van der Waals surface area contributed by atoms with Gasteiger partial charge in [0.05, 0.1) is 17.6 Å². The van der Waals surface area contributed by atoms with Gasteiger partial charge in [-0.3, -0.25) is 9.59 Å². The Morgan fingerprint density at radius 2 is 1.86 bits per heavy atom. The third-order valence-electron chi connectivity index (χ3n) is 7.61. The molecule has 0 aliphatic heterocycles. The summed E-state index contributed by atoms with van der Waals surface area (Å²) in [4.78, 5) is 40.9. The van der Waals surface area contributed by atoms with Crippen LogP contribution in [0.15, 0.2) is 51.7 Å². The van der Waals surface area contributed by atoms with Crippen molar-refractivity contribution in [1.29, 1.82) is 0 Å². The van der Waals surface area contributed by atoms with E-state index >= 15 is 0 Å². The number of nitrogens with one attached hydrogen (secondary N) is 1. The molecule has 1 amide bonds. The third kappa shape index (κ3) is 6.00. The Bertz CT molecular complexity index is 1710. The number of anilines is 1. The lowest BCUT2D eigenvalue weighted by Gasteiger charge is -2.19. The monoisotopic (exact) mass is 587 g/mol. The van der Waals surface area contributed by atoms with Crippen LogP contribution in [0.25, 0.3) is 22.3 Å². The molecule has 1 atom stereocenters. The predicted octanol–water partition coefficient (Wildman–Crippen LogP) is 7.45. The van der Waals surface area contributed by atoms with E-state index in [1.165, 1.54) is 11.3 Å². The van der Waals surface area contributed by atoms with Crippen LogP contribution in [0.3, 0.4) is 0 Å². The number of amides is 1. The van der Waals surface area contributed by atoms with E-state index in [0.717, 1.165) is 40.8 Å². The first-order valence-corrected chi connectivity index (χ1v) is 15.2. The number of ether oxygens (including phenoxy) is 2. The van der Waals surface area contributed by atoms with Gasteiger partial charge in [-0.05, 0) is 67.7 Å². The minimum absolute atomic E-state index is 0.0309. The van der Waals surface area contributed by atoms with Crippen molar-refractivity contribution in [3.05, 3.63) is 79.8 Å². The molecule has 0 fully saturated rings. The van der Waals surface area contributed by atoms with Gasteiger partial charge < -0.3 is 19.2 Å². The van der Waals surface area contributed by atoms with Crippen molar-refractivity contribution in [3.8, 4) is 17.1 Å². The molecule has 7 nitrogen and oxygen atoms in total. The zero-order valence-corrected chi connectivity index (χ0v) is 25.8. The van der Waals surface area contributed by atoms with Gasteiger partial charge in [-0.1, -0.05) is 63.6 Å². The summed E-state index contributed by atoms with van der Waals surface area (Å²) in [7, 11) is 0. The van der Waals surface area contributed by atoms with Gasteiger partial charge >= 0.3 is 5.97 Å². The van der Waals surface area contributed by atoms with Crippen molar-refractivity contribution >= 4 is 39.2 Å². The number of hydrogen-bond acceptors (Lipinski definition) is 7. The maximum atomic E-state index is 13.7. The second-order valence-electron chi connectivity index (χ2n) is 12.0. The Balaban J connectivity index is 1.46. The summed E-state index contributed by atoms with van der Waals surface area (Å²) in [6, 6.07) is 13.2. The second-order valence-corrected chi connectivity index (χ2v) is 13.1. The number of esters is 1. The Morgan fingerprint density at radius 3 is 2.55 bits per heavy atom. The first-order chi connectivity index (χ1) is 20.0. The van der Waals surface area contributed by atoms with E-state index in [-0.39, 0.29) is 29.0 Å². The van der Waals surface area contributed by atoms with Crippen LogP contribution in [0.4, 0.5) is 5.00 Å². The zero-order chi connectivity index (χ0) is 30.2. The minimum Gasteiger partial charge on any atom is -0.476 e. The molecular formula is C34H37NO6S. The highest BCUT2D eigenvalue weighted by Gasteiger charge is 2.29. The molecule has 220 valence electrons. The molecule has 2 aromatic carbocycles. The second kappa shape index (κ2) is 11.8. The number of fused-ring (bicyclic) bond motifs is 2. The lowest BCUT2D eigenvalue weighted by Crippen LogP contribution is -2.23. The summed E-state index contributed by atoms with van der Waals surface area (Å²) in [5.41, 5.74) is 4.14. The predicted molar refractivity (Wildman–Crippen MR) is 167 cm³/mol. The van der Waals surface area contributed by atoms with Crippen LogP contribution >= 0.6 is 11.3 Å². The van der Waals surface area contributed by atoms with Crippen LogP contribution < -0.4 is 15.5 Å². The molecule has 2 heterocycles. The summed E-state index contributed by atoms with van der Waals surface area (Å²) >= 11 is 1.41. The van der Waals surface area contributed by atoms with Gasteiger partial charge in [-0.15, -0.1) is 11.3 Å². The number of carbonyl (C=O) groups is 2. The largest absolute Gasteiger partial charge is 0.476 e. The number of aryl methyl sites for hydroxylation is 1. The van der Waals surface area contributed by atoms with Gasteiger partial charge in [0.2, 0.25) is 11.2 Å². The van der Waals surface area contributed by atoms with Gasteiger partial charge in [0.1, 0.15) is 10.6 Å². The number of benzene rings is 2. The minimum atomic E-state index is -0.482. The van der Waals surface area contributed by atoms with E-state index in [9.17, 15) is 14.4 Å². The highest BCUT2D eigenvalue weighted by atomic mass is 32.1. The van der Waals surface area contributed by atoms with E-state index in [1.54, 1.807) is 19.1 Å². The van der Waals surface area contributed by atoms with Crippen LogP contribution in [0.1, 0.15) is 73.0 Å². The van der Waals surface area contributed by atoms with Crippen LogP contribution in [0.2, 0.25) is 0 Å². The lowest BCUT2D eigenvalue weighted by atomic mass is 9.86. The molecule has 1 N–H and O–H groups in total. The van der Waals surface area contributed by atoms with Crippen molar-refractivity contribution in [2.24, 2.45) is 5.92 Å². The van der Waals surface area contributed by atoms with Crippen molar-refractivity contribution in [2.75, 3.05) is 18.5 Å². The van der Waals surface area contributed by atoms with Gasteiger partial charge in [-0.2, -0.15) is 0 Å². The molecule has 0 bridgehead atoms. The average Bonchev–Trinajstić information content (AvgIpc) is 3.29. The molecule has 1 aliphatic carbocycles. The zero-order valence-electron chi connectivity index (χ0n) is 25.0. The molecule has 1 unspecified atom stereocenters. The fourth-order valence-corrected chi connectivity index (χ4v) is 6.71. The molecule has 8 heteroatoms. The van der Waals surface area contributed by atoms with E-state index in [0.29, 0.717) is 33.0 Å². The van der Waals surface area contributed by atoms with E-state index in [2.05, 4.69) is 33.0 Å². The van der Waals surface area contributed by atoms with Crippen LogP contribution in [-0.4, -0.2) is 25.1 Å². The lowest BCUT2D eigenvalue weighted by molar-refractivity contribution is -0.118. The summed E-state index contributed by atoms with van der Waals surface area (Å²) in [5.74, 6) is -0.184. The standard InChI is InChI=1S/C34H37NO6S/c1-7-39-33(38)28-23-14-8-20(3)17-26(23)42-32(28)35-27(36)18-40-31-29(37)24-16-19(2)9-15-25(24)41-30(31)21-10-12-22(13-11-21)34(4,5)6/h9-13,15-16,20H,7-8,14,17-18H2,1-6H3,(H,35,36). The number of rotatable bonds is 7. The smallest absolute Gasteiger partial charge is 0.341 e. The van der Waals surface area contributed by atoms with Gasteiger partial charge in [0.15, 0.2) is 12.4 Å². The number of hydrogen-bond donors (Lipinski definition) is 1. The molecule has 2 aromatic heterocycles. The van der Waals surface area contributed by atoms with Gasteiger partial charge in [0.25, 0.3) is 5.91 Å². The fraction of sp³-hybridized carbons (Fsp3) is 0.382. The Kier molecular flexibility index (Phi) is 8.28. The Morgan fingerprint density at radius 1 is 1.12 bits per heavy atom. The Hall–Kier alpha value is -3.91. The highest BCUT2D eigenvalue weighted by molar-refractivity contribution is 7.17. The average molecular weight is 588 g/mol. The molecular weight excluding hydrogens is 550 g/mol. The quantitative estimate of drug-likeness (QED) is 0.226. The number of thiophene rings is 1. The molecule has 5 rings (SSSR count). The van der Waals surface area contributed by atoms with Crippen LogP contribution in [0.5, 0.6) is 5.75 Å². The molecule has 4 aromatic rings. The SMILES string of the molecule is CCOC(=O)c1c(NC(=O)COc2c(-c3ccc(C(C)(C)C)cc3)oc3ccc(C)cc3c2=O)sc2c1CCC(C)C2. The molecule has 1 aliphatic rings. The van der Waals surface area contributed by atoms with Crippen molar-refractivity contribution < 1.29 is 23.5 Å². The van der Waals surface area contributed by atoms with E-state index in [1.807, 2.05) is 37.3 Å². The third-order valence-corrected chi connectivity index (χ3v) is 8.78. The summed E-state index contributed by atoms with van der Waals surface area (Å²) in [5, 5.41) is 3.70. The summed E-state index contributed by atoms with van der Waals surface area (Å²) < 4.78 is 17.5. The first-order valence-electron chi connectivity index (χ1n) is 14.4. The van der Waals surface area contributed by atoms with Crippen LogP contribution in [-0.2, 0) is 27.8 Å². The Labute approximate surface area is 249 Å². The summed E-state index contributed by atoms with van der Waals surface area (Å²) in [6.45, 7) is 12.0. The normalized spacial score (nSPS) is 14.9. The molecule has 0 radical (unpaired) electrons. The van der Waals surface area contributed by atoms with E-state index in [4.69, 9.17) is 13.9 Å². The van der Waals surface area contributed by atoms with Crippen molar-refractivity contribution in [3.63, 3.8) is 0 Å². The molecule has 42 heavy (non-hydrogen) atoms. The summed E-state index contributed by atoms with van der Waals surface area (Å²) in [6.07, 6.45) is 2.60. The van der Waals surface area contributed by atoms with Gasteiger partial charge in [0, 0.05) is 10.4 Å². The van der Waals surface area contributed by atoms with Crippen molar-refractivity contribution in [1.82, 2.24) is 0 Å². The highest BCUT2D eigenvalue weighted by Crippen LogP contribution is 2.40. The van der Waals surface area contributed by atoms with Gasteiger partial charge in [-0.25, -0.2) is 4.79 Å². The molecule has 0 saturated heterocycles. The maximum absolute atomic E-state index is 13.7. The van der Waals surface area contributed by atoms with Crippen LogP contribution in [0, 0.1) is 12.8 Å². The maximum Gasteiger partial charge on any atom is 0.341 e. The van der Waals surface area contributed by atoms with E-state index < -0.39 is 18.5 Å². The van der Waals surface area contributed by atoms with Crippen molar-refractivity contribution in [2.45, 2.75) is 66.2 Å². The molecule has 0 spiro atoms. The first kappa shape index (κ1) is 29.6. The topological polar surface area (TPSA) is 94.8 Å². The number of carbonyl (C=O) groups excluding carboxylic acids is 2. The molecule has 0 saturated carbocycles.